The number of esters is 1. The Morgan fingerprint density at radius 2 is 1.89 bits per heavy atom. The summed E-state index contributed by atoms with van der Waals surface area (Å²) in [5.41, 5.74) is -0.168. The van der Waals surface area contributed by atoms with Gasteiger partial charge in [0.1, 0.15) is 46.4 Å². The third-order valence-corrected chi connectivity index (χ3v) is 14.0. The van der Waals surface area contributed by atoms with Gasteiger partial charge in [0.15, 0.2) is 0 Å². The third kappa shape index (κ3) is 12.1. The smallest absolute Gasteiger partial charge is 0.409 e. The minimum Gasteiger partial charge on any atom is -0.495 e. The van der Waals surface area contributed by atoms with Crippen molar-refractivity contribution in [3.63, 3.8) is 0 Å². The number of nitrogens with one attached hydrogen (secondary N) is 2. The largest absolute Gasteiger partial charge is 0.495 e. The highest BCUT2D eigenvalue weighted by Crippen LogP contribution is 2.49. The number of alkyl carbamates (subject to hydrolysis) is 1. The van der Waals surface area contributed by atoms with Crippen molar-refractivity contribution in [1.82, 2.24) is 20.4 Å². The molecule has 5 rings (SSSR count). The summed E-state index contributed by atoms with van der Waals surface area (Å²) in [4.78, 5) is 84.5. The first-order chi connectivity index (χ1) is 30.6. The lowest BCUT2D eigenvalue weighted by Gasteiger charge is -2.41. The summed E-state index contributed by atoms with van der Waals surface area (Å²) in [6, 6.07) is 1.48. The summed E-state index contributed by atoms with van der Waals surface area (Å²) >= 11 is 8.17. The minimum absolute atomic E-state index is 0.0211. The van der Waals surface area contributed by atoms with Crippen molar-refractivity contribution < 1.29 is 52.8 Å². The average Bonchev–Trinajstić information content (AvgIpc) is 3.86. The molecule has 9 atom stereocenters. The third-order valence-electron chi connectivity index (χ3n) is 12.9. The van der Waals surface area contributed by atoms with Crippen molar-refractivity contribution >= 4 is 64.7 Å². The van der Waals surface area contributed by atoms with Crippen LogP contribution in [0.1, 0.15) is 78.7 Å². The van der Waals surface area contributed by atoms with Crippen LogP contribution in [0.25, 0.3) is 0 Å². The van der Waals surface area contributed by atoms with Gasteiger partial charge in [-0.3, -0.25) is 24.5 Å². The number of thioether (sulfide) groups is 1. The highest BCUT2D eigenvalue weighted by molar-refractivity contribution is 7.98. The number of rotatable bonds is 14. The number of unbranched alkanes of at least 4 members (excludes halogenated alkanes) is 2. The molecule has 4 bridgehead atoms. The van der Waals surface area contributed by atoms with Gasteiger partial charge in [-0.1, -0.05) is 62.2 Å². The number of ether oxygens (including phenoxy) is 4. The standard InChI is InChI=1S/C47H64ClN5O11S/c1-27-15-14-16-28(2)47(60)25-36(62-45(59)50-47)30(4)42-46(6,64-42)37(24-40(56)52(8)34-22-32(21-27)23-35(61-9)41(34)48)63-44(58)31(5)51(7)43(57)33(26-65-10)49-38(54)17-12-11-13-20-53-29(3)18-19-39(53)55/h14-16,18-19,22-23,28,30-31,33,36-37,42,60H,3,11-13,17,20-21,24-26H2,1-2,4-10H3,(H,49,54)(H,50,59)/b16-14+,27-15+/t28?,30?,31-,33?,36?,37?,42?,46?,47?/m0/s1. The number of halogens is 1. The van der Waals surface area contributed by atoms with E-state index in [1.54, 1.807) is 63.3 Å². The van der Waals surface area contributed by atoms with Crippen molar-refractivity contribution in [2.24, 2.45) is 11.8 Å². The minimum atomic E-state index is -1.66. The number of anilines is 1. The second kappa shape index (κ2) is 21.6. The van der Waals surface area contributed by atoms with Crippen molar-refractivity contribution in [2.45, 2.75) is 121 Å². The predicted molar refractivity (Wildman–Crippen MR) is 248 cm³/mol. The van der Waals surface area contributed by atoms with Crippen molar-refractivity contribution in [2.75, 3.05) is 44.7 Å². The first-order valence-electron chi connectivity index (χ1n) is 21.9. The van der Waals surface area contributed by atoms with Gasteiger partial charge in [-0.2, -0.15) is 11.8 Å². The molecule has 0 saturated carbocycles. The molecule has 4 aliphatic heterocycles. The van der Waals surface area contributed by atoms with Crippen LogP contribution in [0.15, 0.2) is 60.4 Å². The molecule has 4 heterocycles. The molecule has 18 heteroatoms. The molecule has 1 aromatic carbocycles. The van der Waals surface area contributed by atoms with E-state index in [-0.39, 0.29) is 41.9 Å². The van der Waals surface area contributed by atoms with Gasteiger partial charge < -0.3 is 44.1 Å². The zero-order valence-electron chi connectivity index (χ0n) is 38.8. The monoisotopic (exact) mass is 941 g/mol. The number of epoxide rings is 1. The molecule has 2 fully saturated rings. The van der Waals surface area contributed by atoms with Crippen LogP contribution < -0.4 is 20.3 Å². The predicted octanol–water partition coefficient (Wildman–Crippen LogP) is 5.46. The van der Waals surface area contributed by atoms with Gasteiger partial charge in [0.2, 0.25) is 17.7 Å². The highest BCUT2D eigenvalue weighted by Gasteiger charge is 2.64. The van der Waals surface area contributed by atoms with E-state index in [1.165, 1.54) is 48.7 Å². The molecule has 2 saturated heterocycles. The van der Waals surface area contributed by atoms with Crippen LogP contribution in [0.2, 0.25) is 5.02 Å². The number of hydrogen-bond donors (Lipinski definition) is 3. The zero-order valence-corrected chi connectivity index (χ0v) is 40.4. The van der Waals surface area contributed by atoms with E-state index in [0.717, 1.165) is 11.1 Å². The molecule has 4 aliphatic rings. The van der Waals surface area contributed by atoms with Gasteiger partial charge in [0, 0.05) is 62.8 Å². The van der Waals surface area contributed by atoms with Crippen molar-refractivity contribution in [3.05, 3.63) is 70.9 Å². The molecule has 5 amide bonds. The molecule has 3 N–H and O–H groups in total. The molecular weight excluding hydrogens is 878 g/mol. The second-order valence-electron chi connectivity index (χ2n) is 17.7. The SMILES string of the molecule is C=C1C=CC(=O)N1CCCCCC(=O)NC(CSC)C(=O)N(C)[C@@H](C)C(=O)OC1CC(=O)N(C)c2cc(cc(OC)c2Cl)C/C(C)=C/C=C/C(C)C2(O)CC(OC(=O)N2)C(C)C2OC12C. The Morgan fingerprint density at radius 1 is 1.17 bits per heavy atom. The van der Waals surface area contributed by atoms with Gasteiger partial charge in [-0.25, -0.2) is 9.59 Å². The molecule has 0 aromatic heterocycles. The molecule has 1 aromatic rings. The zero-order chi connectivity index (χ0) is 48.0. The molecule has 0 radical (unpaired) electrons. The maximum Gasteiger partial charge on any atom is 0.409 e. The van der Waals surface area contributed by atoms with Crippen molar-refractivity contribution in [3.8, 4) is 5.75 Å². The number of likely N-dealkylation sites (N-methyl/N-ethyl adjacent to an activating group) is 1. The fourth-order valence-electron chi connectivity index (χ4n) is 8.43. The van der Waals surface area contributed by atoms with Crippen molar-refractivity contribution in [1.29, 1.82) is 0 Å². The number of methoxy groups -OCH3 is 1. The van der Waals surface area contributed by atoms with Gasteiger partial charge in [-0.05, 0) is 70.1 Å². The number of fused-ring (bicyclic) bond motifs is 5. The topological polar surface area (TPSA) is 197 Å². The second-order valence-corrected chi connectivity index (χ2v) is 19.0. The Morgan fingerprint density at radius 3 is 2.55 bits per heavy atom. The summed E-state index contributed by atoms with van der Waals surface area (Å²) in [5.74, 6) is -2.70. The van der Waals surface area contributed by atoms with E-state index in [9.17, 15) is 33.9 Å². The number of benzene rings is 1. The summed E-state index contributed by atoms with van der Waals surface area (Å²) in [7, 11) is 4.49. The van der Waals surface area contributed by atoms with E-state index in [2.05, 4.69) is 17.2 Å². The first-order valence-corrected chi connectivity index (χ1v) is 23.7. The summed E-state index contributed by atoms with van der Waals surface area (Å²) in [6.07, 6.45) is 9.15. The van der Waals surface area contributed by atoms with Crippen LogP contribution in [-0.2, 0) is 44.6 Å². The molecule has 65 heavy (non-hydrogen) atoms. The summed E-state index contributed by atoms with van der Waals surface area (Å²) in [6.45, 7) is 13.1. The van der Waals surface area contributed by atoms with Gasteiger partial charge in [0.25, 0.3) is 5.91 Å². The Kier molecular flexibility index (Phi) is 17.0. The Balaban J connectivity index is 1.35. The van der Waals surface area contributed by atoms with Crippen LogP contribution in [0.5, 0.6) is 5.75 Å². The number of allylic oxidation sites excluding steroid dienone is 4. The Labute approximate surface area is 391 Å². The van der Waals surface area contributed by atoms with Crippen LogP contribution in [-0.4, -0.2) is 132 Å². The normalized spacial score (nSPS) is 29.1. The van der Waals surface area contributed by atoms with E-state index >= 15 is 0 Å². The fraction of sp³-hybridized carbons (Fsp3) is 0.574. The van der Waals surface area contributed by atoms with E-state index < -0.39 is 77.4 Å². The number of carbonyl (C=O) groups excluding carboxylic acids is 6. The number of hydrogen-bond acceptors (Lipinski definition) is 12. The number of carbonyl (C=O) groups is 6. The number of aliphatic hydroxyl groups is 1. The molecular formula is C47H64ClN5O11S. The van der Waals surface area contributed by atoms with Gasteiger partial charge >= 0.3 is 12.1 Å². The van der Waals surface area contributed by atoms with Gasteiger partial charge in [-0.15, -0.1) is 0 Å². The average molecular weight is 943 g/mol. The molecule has 8 unspecified atom stereocenters. The van der Waals surface area contributed by atoms with E-state index in [0.29, 0.717) is 49.4 Å². The van der Waals surface area contributed by atoms with Crippen LogP contribution >= 0.6 is 23.4 Å². The Bertz CT molecular complexity index is 2100. The highest BCUT2D eigenvalue weighted by atomic mass is 35.5. The lowest BCUT2D eigenvalue weighted by atomic mass is 9.82. The summed E-state index contributed by atoms with van der Waals surface area (Å²) in [5, 5.41) is 17.4. The van der Waals surface area contributed by atoms with Crippen LogP contribution in [0.4, 0.5) is 10.5 Å². The maximum atomic E-state index is 14.3. The molecule has 16 nitrogen and oxygen atoms in total. The van der Waals surface area contributed by atoms with E-state index in [4.69, 9.17) is 30.5 Å². The van der Waals surface area contributed by atoms with E-state index in [1.807, 2.05) is 19.1 Å². The van der Waals surface area contributed by atoms with Crippen LogP contribution in [0.3, 0.4) is 0 Å². The fourth-order valence-corrected chi connectivity index (χ4v) is 9.30. The number of amides is 5. The summed E-state index contributed by atoms with van der Waals surface area (Å²) < 4.78 is 23.8. The molecule has 0 spiro atoms. The molecule has 356 valence electrons. The molecule has 0 aliphatic carbocycles. The maximum absolute atomic E-state index is 14.3. The lowest BCUT2D eigenvalue weighted by Crippen LogP contribution is -2.60. The van der Waals surface area contributed by atoms with Gasteiger partial charge in [0.05, 0.1) is 25.3 Å². The lowest BCUT2D eigenvalue weighted by molar-refractivity contribution is -0.162. The van der Waals surface area contributed by atoms with Crippen LogP contribution in [0, 0.1) is 11.8 Å². The quantitative estimate of drug-likeness (QED) is 0.121. The number of nitrogens with zero attached hydrogens (tertiary/aromatic N) is 3. The first kappa shape index (κ1) is 51.1. The Hall–Kier alpha value is -4.84.